The van der Waals surface area contributed by atoms with Crippen LogP contribution in [-0.2, 0) is 0 Å². The Bertz CT molecular complexity index is 401. The summed E-state index contributed by atoms with van der Waals surface area (Å²) in [5.41, 5.74) is 0.967. The van der Waals surface area contributed by atoms with Gasteiger partial charge in [-0.05, 0) is 44.1 Å². The lowest BCUT2D eigenvalue weighted by molar-refractivity contribution is 0.0698. The van der Waals surface area contributed by atoms with Crippen LogP contribution in [0.25, 0.3) is 0 Å². The summed E-state index contributed by atoms with van der Waals surface area (Å²) in [7, 11) is 0. The molecule has 0 spiro atoms. The molecule has 1 radical (unpaired) electrons. The molecule has 1 heterocycles. The summed E-state index contributed by atoms with van der Waals surface area (Å²) < 4.78 is 0. The van der Waals surface area contributed by atoms with Crippen LogP contribution in [0.2, 0.25) is 0 Å². The van der Waals surface area contributed by atoms with Crippen LogP contribution in [0.3, 0.4) is 0 Å². The number of likely N-dealkylation sites (tertiary alicyclic amines) is 1. The summed E-state index contributed by atoms with van der Waals surface area (Å²) in [6.45, 7) is 4.08. The SMILES string of the molecule is O=C(O)c1c[c]ccc1NCCN1CCCCC1. The zero-order valence-electron chi connectivity index (χ0n) is 10.5. The maximum absolute atomic E-state index is 11.0. The predicted molar refractivity (Wildman–Crippen MR) is 71.0 cm³/mol. The third-order valence-electron chi connectivity index (χ3n) is 3.29. The molecule has 0 aliphatic carbocycles. The van der Waals surface area contributed by atoms with Crippen LogP contribution in [0.4, 0.5) is 5.69 Å². The highest BCUT2D eigenvalue weighted by molar-refractivity contribution is 5.94. The van der Waals surface area contributed by atoms with Crippen molar-refractivity contribution >= 4 is 11.7 Å². The standard InChI is InChI=1S/C14H19N2O2/c17-14(18)12-6-2-3-7-13(12)15-8-11-16-9-4-1-5-10-16/h3,6-7,15H,1,4-5,8-11H2,(H,17,18). The van der Waals surface area contributed by atoms with Crippen LogP contribution in [0.15, 0.2) is 18.2 Å². The number of anilines is 1. The Kier molecular flexibility index (Phi) is 4.59. The topological polar surface area (TPSA) is 52.6 Å². The van der Waals surface area contributed by atoms with Gasteiger partial charge in [0.1, 0.15) is 0 Å². The number of rotatable bonds is 5. The van der Waals surface area contributed by atoms with E-state index in [-0.39, 0.29) is 5.56 Å². The van der Waals surface area contributed by atoms with E-state index in [1.165, 1.54) is 25.3 Å². The summed E-state index contributed by atoms with van der Waals surface area (Å²) in [4.78, 5) is 13.4. The molecule has 0 saturated carbocycles. The van der Waals surface area contributed by atoms with Crippen LogP contribution >= 0.6 is 0 Å². The highest BCUT2D eigenvalue weighted by Crippen LogP contribution is 2.14. The molecule has 1 aromatic rings. The highest BCUT2D eigenvalue weighted by Gasteiger charge is 2.11. The van der Waals surface area contributed by atoms with Crippen LogP contribution in [0, 0.1) is 6.07 Å². The van der Waals surface area contributed by atoms with E-state index >= 15 is 0 Å². The molecule has 2 rings (SSSR count). The largest absolute Gasteiger partial charge is 0.478 e. The van der Waals surface area contributed by atoms with Gasteiger partial charge >= 0.3 is 5.97 Å². The fraction of sp³-hybridized carbons (Fsp3) is 0.500. The van der Waals surface area contributed by atoms with E-state index in [1.807, 2.05) is 0 Å². The number of carbonyl (C=O) groups is 1. The van der Waals surface area contributed by atoms with E-state index in [1.54, 1.807) is 12.1 Å². The van der Waals surface area contributed by atoms with Crippen molar-refractivity contribution in [2.45, 2.75) is 19.3 Å². The zero-order valence-corrected chi connectivity index (χ0v) is 10.5. The number of hydrogen-bond acceptors (Lipinski definition) is 3. The maximum Gasteiger partial charge on any atom is 0.337 e. The van der Waals surface area contributed by atoms with Crippen molar-refractivity contribution in [1.29, 1.82) is 0 Å². The molecular weight excluding hydrogens is 228 g/mol. The summed E-state index contributed by atoms with van der Waals surface area (Å²) in [6, 6.07) is 7.79. The predicted octanol–water partition coefficient (Wildman–Crippen LogP) is 2.08. The van der Waals surface area contributed by atoms with Gasteiger partial charge in [0.05, 0.1) is 5.56 Å². The fourth-order valence-electron chi connectivity index (χ4n) is 2.29. The molecular formula is C14H19N2O2. The average Bonchev–Trinajstić information content (AvgIpc) is 2.40. The van der Waals surface area contributed by atoms with E-state index in [4.69, 9.17) is 5.11 Å². The number of aromatic carboxylic acids is 1. The second-order valence-corrected chi connectivity index (χ2v) is 4.61. The van der Waals surface area contributed by atoms with Crippen molar-refractivity contribution in [1.82, 2.24) is 4.90 Å². The lowest BCUT2D eigenvalue weighted by Gasteiger charge is -2.26. The fourth-order valence-corrected chi connectivity index (χ4v) is 2.29. The number of hydrogen-bond donors (Lipinski definition) is 2. The minimum absolute atomic E-state index is 0.288. The van der Waals surface area contributed by atoms with E-state index in [2.05, 4.69) is 16.3 Å². The molecule has 0 bridgehead atoms. The van der Waals surface area contributed by atoms with Crippen LogP contribution in [0.1, 0.15) is 29.6 Å². The highest BCUT2D eigenvalue weighted by atomic mass is 16.4. The van der Waals surface area contributed by atoms with Crippen LogP contribution < -0.4 is 5.32 Å². The third kappa shape index (κ3) is 3.47. The van der Waals surface area contributed by atoms with Gasteiger partial charge < -0.3 is 15.3 Å². The Labute approximate surface area is 108 Å². The van der Waals surface area contributed by atoms with Gasteiger partial charge in [-0.25, -0.2) is 4.79 Å². The first-order valence-corrected chi connectivity index (χ1v) is 6.47. The van der Waals surface area contributed by atoms with E-state index in [0.717, 1.165) is 26.2 Å². The molecule has 4 nitrogen and oxygen atoms in total. The van der Waals surface area contributed by atoms with Crippen LogP contribution in [0.5, 0.6) is 0 Å². The lowest BCUT2D eigenvalue weighted by atomic mass is 10.1. The number of carboxylic acids is 1. The minimum Gasteiger partial charge on any atom is -0.478 e. The monoisotopic (exact) mass is 247 g/mol. The molecule has 1 fully saturated rings. The summed E-state index contributed by atoms with van der Waals surface area (Å²) >= 11 is 0. The first kappa shape index (κ1) is 12.9. The van der Waals surface area contributed by atoms with E-state index < -0.39 is 5.97 Å². The molecule has 18 heavy (non-hydrogen) atoms. The smallest absolute Gasteiger partial charge is 0.337 e. The van der Waals surface area contributed by atoms with Gasteiger partial charge in [-0.1, -0.05) is 12.5 Å². The summed E-state index contributed by atoms with van der Waals surface area (Å²) in [5.74, 6) is -0.910. The minimum atomic E-state index is -0.910. The first-order chi connectivity index (χ1) is 8.77. The molecule has 97 valence electrons. The van der Waals surface area contributed by atoms with Gasteiger partial charge in [-0.2, -0.15) is 0 Å². The van der Waals surface area contributed by atoms with E-state index in [0.29, 0.717) is 5.69 Å². The number of nitrogens with one attached hydrogen (secondary N) is 1. The summed E-state index contributed by atoms with van der Waals surface area (Å²) in [6.07, 6.45) is 3.89. The number of nitrogens with zero attached hydrogens (tertiary/aromatic N) is 1. The Morgan fingerprint density at radius 1 is 1.39 bits per heavy atom. The number of benzene rings is 1. The van der Waals surface area contributed by atoms with Crippen molar-refractivity contribution < 1.29 is 9.90 Å². The zero-order chi connectivity index (χ0) is 12.8. The first-order valence-electron chi connectivity index (χ1n) is 6.47. The quantitative estimate of drug-likeness (QED) is 0.836. The Morgan fingerprint density at radius 3 is 2.89 bits per heavy atom. The Balaban J connectivity index is 1.84. The molecule has 2 N–H and O–H groups in total. The van der Waals surface area contributed by atoms with Gasteiger partial charge in [0.2, 0.25) is 0 Å². The van der Waals surface area contributed by atoms with Crippen molar-refractivity contribution in [2.75, 3.05) is 31.5 Å². The van der Waals surface area contributed by atoms with Gasteiger partial charge in [0, 0.05) is 18.8 Å². The Morgan fingerprint density at radius 2 is 2.17 bits per heavy atom. The lowest BCUT2D eigenvalue weighted by Crippen LogP contribution is -2.33. The van der Waals surface area contributed by atoms with Crippen molar-refractivity contribution in [3.8, 4) is 0 Å². The molecule has 0 unspecified atom stereocenters. The van der Waals surface area contributed by atoms with Gasteiger partial charge in [-0.15, -0.1) is 0 Å². The normalized spacial score (nSPS) is 16.4. The molecule has 1 aromatic carbocycles. The molecule has 1 aliphatic rings. The number of piperidine rings is 1. The molecule has 0 atom stereocenters. The van der Waals surface area contributed by atoms with Crippen molar-refractivity contribution in [2.24, 2.45) is 0 Å². The van der Waals surface area contributed by atoms with Gasteiger partial charge in [-0.3, -0.25) is 0 Å². The van der Waals surface area contributed by atoms with Gasteiger partial charge in [0.25, 0.3) is 0 Å². The second-order valence-electron chi connectivity index (χ2n) is 4.61. The van der Waals surface area contributed by atoms with E-state index in [9.17, 15) is 4.79 Å². The third-order valence-corrected chi connectivity index (χ3v) is 3.29. The Hall–Kier alpha value is -1.55. The molecule has 1 saturated heterocycles. The molecule has 1 aliphatic heterocycles. The molecule has 4 heteroatoms. The summed E-state index contributed by atoms with van der Waals surface area (Å²) in [5, 5.41) is 12.2. The molecule has 0 aromatic heterocycles. The second kappa shape index (κ2) is 6.40. The van der Waals surface area contributed by atoms with Crippen molar-refractivity contribution in [3.63, 3.8) is 0 Å². The van der Waals surface area contributed by atoms with Gasteiger partial charge in [0.15, 0.2) is 0 Å². The van der Waals surface area contributed by atoms with Crippen LogP contribution in [-0.4, -0.2) is 42.2 Å². The molecule has 0 amide bonds. The van der Waals surface area contributed by atoms with Crippen molar-refractivity contribution in [3.05, 3.63) is 29.8 Å². The number of carboxylic acid groups (broad SMARTS) is 1. The maximum atomic E-state index is 11.0. The average molecular weight is 247 g/mol.